The topological polar surface area (TPSA) is 84.3 Å². The summed E-state index contributed by atoms with van der Waals surface area (Å²) >= 11 is 0. The first-order valence-electron chi connectivity index (χ1n) is 11.6. The molecule has 31 heavy (non-hydrogen) atoms. The lowest BCUT2D eigenvalue weighted by atomic mass is 9.78. The molecule has 0 aliphatic carbocycles. The number of anilines is 2. The largest absolute Gasteiger partial charge is 0.481 e. The van der Waals surface area contributed by atoms with Crippen molar-refractivity contribution in [3.63, 3.8) is 0 Å². The van der Waals surface area contributed by atoms with Crippen LogP contribution in [-0.4, -0.2) is 34.3 Å². The highest BCUT2D eigenvalue weighted by molar-refractivity contribution is 5.69. The molecule has 1 aliphatic rings. The molecule has 1 aromatic heterocycles. The van der Waals surface area contributed by atoms with Crippen molar-refractivity contribution in [2.45, 2.75) is 71.1 Å². The second-order valence-corrected chi connectivity index (χ2v) is 8.38. The number of hydrogen-bond acceptors (Lipinski definition) is 5. The summed E-state index contributed by atoms with van der Waals surface area (Å²) in [6.45, 7) is 7.98. The van der Waals surface area contributed by atoms with Gasteiger partial charge in [-0.05, 0) is 60.6 Å². The lowest BCUT2D eigenvalue weighted by Gasteiger charge is -2.32. The minimum atomic E-state index is -0.761. The third-order valence-corrected chi connectivity index (χ3v) is 6.44. The van der Waals surface area contributed by atoms with E-state index < -0.39 is 5.97 Å². The lowest BCUT2D eigenvalue weighted by molar-refractivity contribution is -0.137. The van der Waals surface area contributed by atoms with Gasteiger partial charge in [-0.15, -0.1) is 0 Å². The summed E-state index contributed by atoms with van der Waals surface area (Å²) < 4.78 is 5.59. The average Bonchev–Trinajstić information content (AvgIpc) is 2.80. The molecule has 1 aliphatic heterocycles. The van der Waals surface area contributed by atoms with Crippen LogP contribution in [0.15, 0.2) is 30.6 Å². The summed E-state index contributed by atoms with van der Waals surface area (Å²) in [5.41, 5.74) is 4.23. The molecule has 2 aromatic rings. The molecule has 2 heterocycles. The number of ether oxygens (including phenoxy) is 1. The van der Waals surface area contributed by atoms with E-state index in [0.717, 1.165) is 68.1 Å². The van der Waals surface area contributed by atoms with E-state index >= 15 is 0 Å². The number of carboxylic acid groups (broad SMARTS) is 1. The normalized spacial score (nSPS) is 16.6. The Morgan fingerprint density at radius 1 is 1.16 bits per heavy atom. The van der Waals surface area contributed by atoms with Gasteiger partial charge in [-0.1, -0.05) is 32.9 Å². The molecular formula is C25H35N3O3. The third kappa shape index (κ3) is 6.03. The molecule has 2 N–H and O–H groups in total. The van der Waals surface area contributed by atoms with Crippen LogP contribution in [0.2, 0.25) is 0 Å². The van der Waals surface area contributed by atoms with Crippen LogP contribution in [-0.2, 0) is 16.0 Å². The smallest absolute Gasteiger partial charge is 0.303 e. The fourth-order valence-electron chi connectivity index (χ4n) is 4.65. The number of nitrogens with zero attached hydrogens (tertiary/aromatic N) is 2. The van der Waals surface area contributed by atoms with Gasteiger partial charge in [0.1, 0.15) is 5.82 Å². The van der Waals surface area contributed by atoms with Gasteiger partial charge in [0.15, 0.2) is 0 Å². The van der Waals surface area contributed by atoms with Crippen molar-refractivity contribution in [3.8, 4) is 0 Å². The van der Waals surface area contributed by atoms with Crippen LogP contribution >= 0.6 is 0 Å². The molecule has 0 spiro atoms. The highest BCUT2D eigenvalue weighted by Gasteiger charge is 2.27. The zero-order chi connectivity index (χ0) is 22.2. The van der Waals surface area contributed by atoms with Gasteiger partial charge >= 0.3 is 5.97 Å². The number of carbonyl (C=O) groups is 1. The van der Waals surface area contributed by atoms with Gasteiger partial charge < -0.3 is 15.2 Å². The van der Waals surface area contributed by atoms with E-state index in [1.54, 1.807) is 0 Å². The summed E-state index contributed by atoms with van der Waals surface area (Å²) in [7, 11) is 0. The molecule has 0 bridgehead atoms. The predicted octanol–water partition coefficient (Wildman–Crippen LogP) is 5.67. The molecule has 6 heteroatoms. The molecule has 6 nitrogen and oxygen atoms in total. The molecule has 1 unspecified atom stereocenters. The van der Waals surface area contributed by atoms with Crippen LogP contribution in [0, 0.1) is 5.92 Å². The maximum atomic E-state index is 11.4. The highest BCUT2D eigenvalue weighted by Crippen LogP contribution is 2.40. The van der Waals surface area contributed by atoms with Gasteiger partial charge in [0, 0.05) is 25.3 Å². The monoisotopic (exact) mass is 425 g/mol. The molecule has 2 atom stereocenters. The Kier molecular flexibility index (Phi) is 8.41. The number of aryl methyl sites for hydroxylation is 1. The molecule has 0 saturated carbocycles. The maximum Gasteiger partial charge on any atom is 0.303 e. The van der Waals surface area contributed by atoms with Crippen LogP contribution in [0.3, 0.4) is 0 Å². The SMILES string of the molecule is CCc1ncc(Nc2cc(C(CC)CC(=O)O)ccc2[C@H](CC)C2CCOCC2)cn1. The van der Waals surface area contributed by atoms with Crippen LogP contribution in [0.25, 0.3) is 0 Å². The van der Waals surface area contributed by atoms with Gasteiger partial charge in [0.2, 0.25) is 0 Å². The van der Waals surface area contributed by atoms with Gasteiger partial charge in [-0.2, -0.15) is 0 Å². The van der Waals surface area contributed by atoms with Gasteiger partial charge in [0.25, 0.3) is 0 Å². The Balaban J connectivity index is 1.97. The van der Waals surface area contributed by atoms with E-state index in [1.807, 2.05) is 26.2 Å². The zero-order valence-corrected chi connectivity index (χ0v) is 18.9. The molecule has 168 valence electrons. The van der Waals surface area contributed by atoms with E-state index in [9.17, 15) is 9.90 Å². The first-order valence-corrected chi connectivity index (χ1v) is 11.6. The molecule has 0 radical (unpaired) electrons. The standard InChI is InChI=1S/C25H35N3O3/c1-4-17(14-25(29)30)19-7-8-22(21(5-2)18-9-11-31-12-10-18)23(13-19)28-20-15-26-24(6-3)27-16-20/h7-8,13,15-18,21,28H,4-6,9-12,14H2,1-3H3,(H,29,30)/t17?,21-/m1/s1. The van der Waals surface area contributed by atoms with Gasteiger partial charge in [0.05, 0.1) is 24.5 Å². The fourth-order valence-corrected chi connectivity index (χ4v) is 4.65. The lowest BCUT2D eigenvalue weighted by Crippen LogP contribution is -2.22. The van der Waals surface area contributed by atoms with Crippen LogP contribution in [0.5, 0.6) is 0 Å². The Labute approximate surface area is 185 Å². The Morgan fingerprint density at radius 3 is 2.45 bits per heavy atom. The summed E-state index contributed by atoms with van der Waals surface area (Å²) in [5, 5.41) is 12.9. The van der Waals surface area contributed by atoms with E-state index in [1.165, 1.54) is 5.56 Å². The fraction of sp³-hybridized carbons (Fsp3) is 0.560. The first kappa shape index (κ1) is 23.2. The van der Waals surface area contributed by atoms with E-state index in [4.69, 9.17) is 4.74 Å². The van der Waals surface area contributed by atoms with Crippen molar-refractivity contribution in [1.82, 2.24) is 9.97 Å². The number of benzene rings is 1. The van der Waals surface area contributed by atoms with Crippen molar-refractivity contribution in [3.05, 3.63) is 47.5 Å². The minimum absolute atomic E-state index is 0.00558. The van der Waals surface area contributed by atoms with Crippen LogP contribution < -0.4 is 5.32 Å². The van der Waals surface area contributed by atoms with Crippen molar-refractivity contribution in [2.75, 3.05) is 18.5 Å². The quantitative estimate of drug-likeness (QED) is 0.510. The maximum absolute atomic E-state index is 11.4. The third-order valence-electron chi connectivity index (χ3n) is 6.44. The predicted molar refractivity (Wildman–Crippen MR) is 123 cm³/mol. The number of rotatable bonds is 10. The van der Waals surface area contributed by atoms with Gasteiger partial charge in [-0.25, -0.2) is 9.97 Å². The van der Waals surface area contributed by atoms with E-state index in [0.29, 0.717) is 11.8 Å². The second-order valence-electron chi connectivity index (χ2n) is 8.38. The summed E-state index contributed by atoms with van der Waals surface area (Å²) in [4.78, 5) is 20.2. The van der Waals surface area contributed by atoms with E-state index in [-0.39, 0.29) is 12.3 Å². The molecule has 0 amide bonds. The summed E-state index contributed by atoms with van der Waals surface area (Å²) in [6, 6.07) is 6.46. The Morgan fingerprint density at radius 2 is 1.87 bits per heavy atom. The number of aromatic nitrogens is 2. The minimum Gasteiger partial charge on any atom is -0.481 e. The zero-order valence-electron chi connectivity index (χ0n) is 18.9. The number of nitrogens with one attached hydrogen (secondary N) is 1. The van der Waals surface area contributed by atoms with Crippen molar-refractivity contribution < 1.29 is 14.6 Å². The van der Waals surface area contributed by atoms with Crippen LogP contribution in [0.1, 0.15) is 81.7 Å². The van der Waals surface area contributed by atoms with Crippen molar-refractivity contribution >= 4 is 17.3 Å². The van der Waals surface area contributed by atoms with Crippen molar-refractivity contribution in [2.24, 2.45) is 5.92 Å². The highest BCUT2D eigenvalue weighted by atomic mass is 16.5. The number of hydrogen-bond donors (Lipinski definition) is 2. The summed E-state index contributed by atoms with van der Waals surface area (Å²) in [5.74, 6) is 1.07. The van der Waals surface area contributed by atoms with Crippen LogP contribution in [0.4, 0.5) is 11.4 Å². The molecular weight excluding hydrogens is 390 g/mol. The molecule has 1 fully saturated rings. The molecule has 1 saturated heterocycles. The number of aliphatic carboxylic acids is 1. The van der Waals surface area contributed by atoms with Crippen molar-refractivity contribution in [1.29, 1.82) is 0 Å². The first-order chi connectivity index (χ1) is 15.0. The molecule has 1 aromatic carbocycles. The Bertz CT molecular complexity index is 848. The average molecular weight is 426 g/mol. The molecule has 3 rings (SSSR count). The summed E-state index contributed by atoms with van der Waals surface area (Å²) in [6.07, 6.45) is 8.58. The number of carboxylic acids is 1. The Hall–Kier alpha value is -2.47. The van der Waals surface area contributed by atoms with E-state index in [2.05, 4.69) is 40.4 Å². The second kappa shape index (κ2) is 11.2. The van der Waals surface area contributed by atoms with Gasteiger partial charge in [-0.3, -0.25) is 4.79 Å².